The van der Waals surface area contributed by atoms with E-state index in [9.17, 15) is 27.9 Å². The molecule has 0 saturated carbocycles. The Bertz CT molecular complexity index is 803. The van der Waals surface area contributed by atoms with E-state index < -0.39 is 43.8 Å². The van der Waals surface area contributed by atoms with Gasteiger partial charge < -0.3 is 16.2 Å². The molecule has 4 N–H and O–H groups in total. The van der Waals surface area contributed by atoms with Crippen LogP contribution < -0.4 is 11.1 Å². The zero-order chi connectivity index (χ0) is 22.6. The van der Waals surface area contributed by atoms with Crippen LogP contribution >= 0.6 is 0 Å². The van der Waals surface area contributed by atoms with Crippen molar-refractivity contribution in [2.24, 2.45) is 5.73 Å². The predicted octanol–water partition coefficient (Wildman–Crippen LogP) is 3.15. The van der Waals surface area contributed by atoms with Gasteiger partial charge >= 0.3 is 6.18 Å². The average Bonchev–Trinajstić information content (AvgIpc) is 2.58. The summed E-state index contributed by atoms with van der Waals surface area (Å²) in [5, 5.41) is 12.4. The molecule has 1 aromatic rings. The van der Waals surface area contributed by atoms with Gasteiger partial charge in [-0.3, -0.25) is 9.59 Å². The molecule has 0 heterocycles. The van der Waals surface area contributed by atoms with E-state index in [4.69, 9.17) is 5.73 Å². The van der Waals surface area contributed by atoms with Crippen molar-refractivity contribution in [3.63, 3.8) is 0 Å². The first kappa shape index (κ1) is 24.7. The van der Waals surface area contributed by atoms with Gasteiger partial charge in [-0.25, -0.2) is 0 Å². The Morgan fingerprint density at radius 3 is 2.10 bits per heavy atom. The lowest BCUT2D eigenvalue weighted by atomic mass is 10.1. The van der Waals surface area contributed by atoms with E-state index in [1.54, 1.807) is 0 Å². The second-order valence-corrected chi connectivity index (χ2v) is 13.4. The number of alkyl halides is 3. The molecule has 0 radical (unpaired) electrons. The van der Waals surface area contributed by atoms with Gasteiger partial charge in [0, 0.05) is 6.42 Å². The zero-order valence-corrected chi connectivity index (χ0v) is 18.1. The molecule has 0 aliphatic heterocycles. The van der Waals surface area contributed by atoms with Gasteiger partial charge in [0.25, 0.3) is 5.91 Å². The number of halogens is 3. The number of hydrogen-bond acceptors (Lipinski definition) is 3. The fraction of sp³-hybridized carbons (Fsp3) is 0.500. The van der Waals surface area contributed by atoms with Crippen LogP contribution in [-0.2, 0) is 15.8 Å². The number of hydrogen-bond donors (Lipinski definition) is 3. The van der Waals surface area contributed by atoms with Crippen LogP contribution in [0.3, 0.4) is 0 Å². The molecule has 5 nitrogen and oxygen atoms in total. The molecular weight excluding hydrogens is 401 g/mol. The van der Waals surface area contributed by atoms with Crippen LogP contribution in [0.5, 0.6) is 0 Å². The van der Waals surface area contributed by atoms with Gasteiger partial charge in [0.05, 0.1) is 5.56 Å². The Labute approximate surface area is 169 Å². The highest BCUT2D eigenvalue weighted by Gasteiger charge is 2.34. The monoisotopic (exact) mass is 428 g/mol. The molecule has 1 aromatic carbocycles. The first-order chi connectivity index (χ1) is 13.1. The Morgan fingerprint density at radius 1 is 1.17 bits per heavy atom. The second kappa shape index (κ2) is 9.01. The van der Waals surface area contributed by atoms with Crippen LogP contribution in [0.1, 0.15) is 44.4 Å². The molecule has 0 bridgehead atoms. The Kier molecular flexibility index (Phi) is 7.68. The molecule has 160 valence electrons. The fourth-order valence-electron chi connectivity index (χ4n) is 2.04. The highest BCUT2D eigenvalue weighted by Crippen LogP contribution is 2.35. The van der Waals surface area contributed by atoms with Gasteiger partial charge in [0.2, 0.25) is 5.91 Å². The summed E-state index contributed by atoms with van der Waals surface area (Å²) in [7, 11) is -1.91. The van der Waals surface area contributed by atoms with Crippen molar-refractivity contribution in [1.29, 1.82) is 0 Å². The van der Waals surface area contributed by atoms with E-state index in [2.05, 4.69) is 50.6 Å². The number of carbonyl (C=O) groups excluding carboxylic acids is 2. The quantitative estimate of drug-likeness (QED) is 0.497. The van der Waals surface area contributed by atoms with Crippen LogP contribution in [0, 0.1) is 11.5 Å². The van der Waals surface area contributed by atoms with E-state index in [1.165, 1.54) is 0 Å². The molecule has 1 rings (SSSR count). The number of rotatable bonds is 5. The van der Waals surface area contributed by atoms with Gasteiger partial charge in [-0.1, -0.05) is 46.0 Å². The van der Waals surface area contributed by atoms with Crippen molar-refractivity contribution in [2.75, 3.05) is 0 Å². The molecular formula is C20H27F3N2O3Si. The third kappa shape index (κ3) is 6.90. The number of benzene rings is 1. The minimum atomic E-state index is -4.52. The maximum atomic E-state index is 12.6. The normalized spacial score (nSPS) is 14.4. The first-order valence-electron chi connectivity index (χ1n) is 9.01. The third-order valence-corrected chi connectivity index (χ3v) is 9.60. The predicted molar refractivity (Wildman–Crippen MR) is 107 cm³/mol. The number of primary amides is 1. The minimum absolute atomic E-state index is 0.0181. The van der Waals surface area contributed by atoms with Crippen molar-refractivity contribution in [1.82, 2.24) is 5.32 Å². The maximum absolute atomic E-state index is 12.6. The van der Waals surface area contributed by atoms with Crippen LogP contribution in [0.2, 0.25) is 18.1 Å². The number of aliphatic hydroxyl groups is 1. The van der Waals surface area contributed by atoms with Crippen molar-refractivity contribution >= 4 is 19.9 Å². The smallest absolute Gasteiger partial charge is 0.378 e. The number of amides is 2. The van der Waals surface area contributed by atoms with E-state index in [0.717, 1.165) is 24.3 Å². The van der Waals surface area contributed by atoms with Crippen molar-refractivity contribution < 1.29 is 27.9 Å². The Hall–Kier alpha value is -2.31. The van der Waals surface area contributed by atoms with Crippen LogP contribution in [0.4, 0.5) is 13.2 Å². The number of aliphatic hydroxyl groups excluding tert-OH is 1. The van der Waals surface area contributed by atoms with E-state index in [1.807, 2.05) is 0 Å². The van der Waals surface area contributed by atoms with Crippen LogP contribution in [0.25, 0.3) is 0 Å². The third-order valence-electron chi connectivity index (χ3n) is 5.04. The summed E-state index contributed by atoms with van der Waals surface area (Å²) >= 11 is 0. The zero-order valence-electron chi connectivity index (χ0n) is 17.1. The average molecular weight is 429 g/mol. The van der Waals surface area contributed by atoms with Gasteiger partial charge in [0.15, 0.2) is 6.10 Å². The number of nitrogens with one attached hydrogen (secondary N) is 1. The topological polar surface area (TPSA) is 92.4 Å². The van der Waals surface area contributed by atoms with Crippen molar-refractivity contribution in [3.8, 4) is 11.5 Å². The van der Waals surface area contributed by atoms with Crippen LogP contribution in [0.15, 0.2) is 24.3 Å². The molecule has 0 unspecified atom stereocenters. The first-order valence-corrected chi connectivity index (χ1v) is 12.0. The second-order valence-electron chi connectivity index (χ2n) is 8.37. The number of nitrogens with two attached hydrogens (primary N) is 1. The number of carbonyl (C=O) groups is 2. The fourth-order valence-corrected chi connectivity index (χ4v) is 2.96. The SMILES string of the molecule is CC(C)(C)[Si](C)(C)C#CC[C@H](NC(=O)[C@H](O)c1ccc(C(F)(F)F)cc1)C(N)=O. The lowest BCUT2D eigenvalue weighted by molar-refractivity contribution is -0.137. The lowest BCUT2D eigenvalue weighted by Crippen LogP contribution is -2.46. The van der Waals surface area contributed by atoms with Gasteiger partial charge in [-0.15, -0.1) is 11.5 Å². The van der Waals surface area contributed by atoms with Gasteiger partial charge in [-0.2, -0.15) is 13.2 Å². The summed E-state index contributed by atoms with van der Waals surface area (Å²) in [6.07, 6.45) is -6.29. The summed E-state index contributed by atoms with van der Waals surface area (Å²) < 4.78 is 37.8. The lowest BCUT2D eigenvalue weighted by Gasteiger charge is -2.31. The summed E-state index contributed by atoms with van der Waals surface area (Å²) in [5.41, 5.74) is 7.58. The molecule has 0 aliphatic rings. The summed E-state index contributed by atoms with van der Waals surface area (Å²) in [6, 6.07) is 2.42. The van der Waals surface area contributed by atoms with E-state index in [-0.39, 0.29) is 17.0 Å². The molecule has 0 aromatic heterocycles. The Balaban J connectivity index is 2.87. The molecule has 9 heteroatoms. The molecule has 2 amide bonds. The molecule has 0 aliphatic carbocycles. The minimum Gasteiger partial charge on any atom is -0.378 e. The largest absolute Gasteiger partial charge is 0.416 e. The van der Waals surface area contributed by atoms with E-state index in [0.29, 0.717) is 0 Å². The van der Waals surface area contributed by atoms with Crippen molar-refractivity contribution in [2.45, 2.75) is 63.6 Å². The highest BCUT2D eigenvalue weighted by atomic mass is 28.3. The summed E-state index contributed by atoms with van der Waals surface area (Å²) in [6.45, 7) is 10.4. The summed E-state index contributed by atoms with van der Waals surface area (Å²) in [5.74, 6) is 1.15. The maximum Gasteiger partial charge on any atom is 0.416 e. The molecule has 2 atom stereocenters. The summed E-state index contributed by atoms with van der Waals surface area (Å²) in [4.78, 5) is 23.9. The Morgan fingerprint density at radius 2 is 1.69 bits per heavy atom. The van der Waals surface area contributed by atoms with Gasteiger partial charge in [0.1, 0.15) is 14.1 Å². The standard InChI is InChI=1S/C20H27F3N2O3Si/c1-19(2,3)29(4,5)12-6-7-15(17(24)27)25-18(28)16(26)13-8-10-14(11-9-13)20(21,22)23/h8-11,15-16,26H,7H2,1-5H3,(H2,24,27)(H,25,28)/t15-,16+/m0/s1. The van der Waals surface area contributed by atoms with Crippen molar-refractivity contribution in [3.05, 3.63) is 35.4 Å². The van der Waals surface area contributed by atoms with Crippen LogP contribution in [-0.4, -0.2) is 31.0 Å². The van der Waals surface area contributed by atoms with E-state index >= 15 is 0 Å². The molecule has 29 heavy (non-hydrogen) atoms. The molecule has 0 fully saturated rings. The molecule has 0 saturated heterocycles. The highest BCUT2D eigenvalue weighted by molar-refractivity contribution is 6.87. The molecule has 0 spiro atoms. The van der Waals surface area contributed by atoms with Gasteiger partial charge in [-0.05, 0) is 22.7 Å².